The Morgan fingerprint density at radius 2 is 2.29 bits per heavy atom. The maximum atomic E-state index is 10.3. The first kappa shape index (κ1) is 10.4. The molecule has 2 N–H and O–H groups in total. The maximum Gasteiger partial charge on any atom is 0.104 e. The van der Waals surface area contributed by atoms with Gasteiger partial charge in [-0.3, -0.25) is 0 Å². The molecule has 1 heterocycles. The number of aliphatic hydroxyl groups is 1. The summed E-state index contributed by atoms with van der Waals surface area (Å²) < 4.78 is 0.910. The minimum atomic E-state index is -0.774. The van der Waals surface area contributed by atoms with Gasteiger partial charge in [-0.25, -0.2) is 0 Å². The van der Waals surface area contributed by atoms with Crippen molar-refractivity contribution in [2.75, 3.05) is 13.1 Å². The van der Waals surface area contributed by atoms with Crippen LogP contribution in [-0.4, -0.2) is 18.2 Å². The molecule has 0 aromatic heterocycles. The van der Waals surface area contributed by atoms with E-state index in [2.05, 4.69) is 21.2 Å². The van der Waals surface area contributed by atoms with E-state index in [9.17, 15) is 5.11 Å². The van der Waals surface area contributed by atoms with Gasteiger partial charge in [0.2, 0.25) is 0 Å². The van der Waals surface area contributed by atoms with E-state index in [0.717, 1.165) is 23.0 Å². The predicted molar refractivity (Wildman–Crippen MR) is 60.5 cm³/mol. The third-order valence-corrected chi connectivity index (χ3v) is 3.49. The monoisotopic (exact) mass is 275 g/mol. The van der Waals surface area contributed by atoms with Crippen molar-refractivity contribution in [2.45, 2.75) is 12.0 Å². The zero-order valence-corrected chi connectivity index (χ0v) is 9.90. The van der Waals surface area contributed by atoms with Gasteiger partial charge in [0.05, 0.1) is 0 Å². The molecule has 0 radical (unpaired) electrons. The van der Waals surface area contributed by atoms with Gasteiger partial charge in [0.15, 0.2) is 0 Å². The number of hydrogen-bond donors (Lipinski definition) is 2. The Hall–Kier alpha value is -0.0900. The summed E-state index contributed by atoms with van der Waals surface area (Å²) in [7, 11) is 0. The van der Waals surface area contributed by atoms with E-state index in [0.29, 0.717) is 11.6 Å². The normalized spacial score (nSPS) is 26.8. The SMILES string of the molecule is OC1(c2cc(Cl)ccc2Br)CCNC1. The van der Waals surface area contributed by atoms with E-state index in [1.807, 2.05) is 12.1 Å². The van der Waals surface area contributed by atoms with Crippen molar-refractivity contribution in [1.29, 1.82) is 0 Å². The summed E-state index contributed by atoms with van der Waals surface area (Å²) in [5.74, 6) is 0. The molecule has 0 aliphatic carbocycles. The van der Waals surface area contributed by atoms with Crippen LogP contribution >= 0.6 is 27.5 Å². The summed E-state index contributed by atoms with van der Waals surface area (Å²) in [6, 6.07) is 5.49. The highest BCUT2D eigenvalue weighted by molar-refractivity contribution is 9.10. The molecule has 76 valence electrons. The summed E-state index contributed by atoms with van der Waals surface area (Å²) in [4.78, 5) is 0. The first-order valence-corrected chi connectivity index (χ1v) is 5.67. The molecule has 1 aliphatic rings. The van der Waals surface area contributed by atoms with Gasteiger partial charge in [-0.05, 0) is 31.2 Å². The van der Waals surface area contributed by atoms with Gasteiger partial charge in [0, 0.05) is 21.6 Å². The van der Waals surface area contributed by atoms with Crippen LogP contribution in [0.5, 0.6) is 0 Å². The fourth-order valence-electron chi connectivity index (χ4n) is 1.76. The summed E-state index contributed by atoms with van der Waals surface area (Å²) in [6.07, 6.45) is 0.728. The smallest absolute Gasteiger partial charge is 0.104 e. The van der Waals surface area contributed by atoms with Crippen LogP contribution in [0.15, 0.2) is 22.7 Å². The van der Waals surface area contributed by atoms with Gasteiger partial charge < -0.3 is 10.4 Å². The maximum absolute atomic E-state index is 10.3. The topological polar surface area (TPSA) is 32.3 Å². The van der Waals surface area contributed by atoms with E-state index < -0.39 is 5.60 Å². The number of benzene rings is 1. The van der Waals surface area contributed by atoms with Crippen LogP contribution in [0.1, 0.15) is 12.0 Å². The zero-order valence-electron chi connectivity index (χ0n) is 7.56. The predicted octanol–water partition coefficient (Wildman–Crippen LogP) is 2.28. The van der Waals surface area contributed by atoms with Crippen molar-refractivity contribution in [2.24, 2.45) is 0 Å². The number of nitrogens with one attached hydrogen (secondary N) is 1. The molecule has 1 saturated heterocycles. The van der Waals surface area contributed by atoms with Crippen LogP contribution < -0.4 is 5.32 Å². The summed E-state index contributed by atoms with van der Waals surface area (Å²) >= 11 is 9.33. The first-order valence-electron chi connectivity index (χ1n) is 4.50. The molecular formula is C10H11BrClNO. The van der Waals surface area contributed by atoms with Crippen LogP contribution in [0.3, 0.4) is 0 Å². The molecule has 0 bridgehead atoms. The standard InChI is InChI=1S/C10H11BrClNO/c11-9-2-1-7(12)5-8(9)10(14)3-4-13-6-10/h1-2,5,13-14H,3-4,6H2. The molecule has 1 atom stereocenters. The lowest BCUT2D eigenvalue weighted by atomic mass is 9.93. The first-order chi connectivity index (χ1) is 6.62. The molecule has 0 amide bonds. The second kappa shape index (κ2) is 3.81. The average molecular weight is 277 g/mol. The minimum Gasteiger partial charge on any atom is -0.384 e. The van der Waals surface area contributed by atoms with Crippen LogP contribution in [0.4, 0.5) is 0 Å². The lowest BCUT2D eigenvalue weighted by Gasteiger charge is -2.23. The molecule has 2 nitrogen and oxygen atoms in total. The Kier molecular flexibility index (Phi) is 2.84. The fraction of sp³-hybridized carbons (Fsp3) is 0.400. The molecule has 1 aromatic rings. The van der Waals surface area contributed by atoms with Gasteiger partial charge in [0.25, 0.3) is 0 Å². The lowest BCUT2D eigenvalue weighted by Crippen LogP contribution is -2.28. The summed E-state index contributed by atoms with van der Waals surface area (Å²) in [6.45, 7) is 1.43. The number of halogens is 2. The highest BCUT2D eigenvalue weighted by Gasteiger charge is 2.34. The van der Waals surface area contributed by atoms with Gasteiger partial charge in [0.1, 0.15) is 5.60 Å². The summed E-state index contributed by atoms with van der Waals surface area (Å²) in [5.41, 5.74) is 0.0963. The lowest BCUT2D eigenvalue weighted by molar-refractivity contribution is 0.0580. The van der Waals surface area contributed by atoms with Crippen molar-refractivity contribution in [3.05, 3.63) is 33.3 Å². The van der Waals surface area contributed by atoms with Crippen molar-refractivity contribution >= 4 is 27.5 Å². The Labute approximate surface area is 96.4 Å². The molecule has 0 spiro atoms. The van der Waals surface area contributed by atoms with Crippen molar-refractivity contribution in [3.8, 4) is 0 Å². The average Bonchev–Trinajstić information content (AvgIpc) is 2.58. The minimum absolute atomic E-state index is 0.589. The van der Waals surface area contributed by atoms with E-state index in [-0.39, 0.29) is 0 Å². The van der Waals surface area contributed by atoms with Gasteiger partial charge in [-0.15, -0.1) is 0 Å². The molecule has 1 aromatic carbocycles. The van der Waals surface area contributed by atoms with Crippen LogP contribution in [0.2, 0.25) is 5.02 Å². The number of β-amino-alcohol motifs (C(OH)–C–C–N with tert-alkyl or cyclic N) is 1. The highest BCUT2D eigenvalue weighted by atomic mass is 79.9. The third-order valence-electron chi connectivity index (χ3n) is 2.56. The Bertz CT molecular complexity index is 350. The number of hydrogen-bond acceptors (Lipinski definition) is 2. The van der Waals surface area contributed by atoms with Gasteiger partial charge >= 0.3 is 0 Å². The van der Waals surface area contributed by atoms with Gasteiger partial charge in [-0.2, -0.15) is 0 Å². The van der Waals surface area contributed by atoms with Crippen LogP contribution in [-0.2, 0) is 5.60 Å². The summed E-state index contributed by atoms with van der Waals surface area (Å²) in [5, 5.41) is 14.1. The van der Waals surface area contributed by atoms with Crippen LogP contribution in [0, 0.1) is 0 Å². The van der Waals surface area contributed by atoms with Crippen LogP contribution in [0.25, 0.3) is 0 Å². The van der Waals surface area contributed by atoms with Crippen molar-refractivity contribution < 1.29 is 5.11 Å². The van der Waals surface area contributed by atoms with E-state index in [1.165, 1.54) is 0 Å². The Morgan fingerprint density at radius 1 is 1.50 bits per heavy atom. The van der Waals surface area contributed by atoms with E-state index in [4.69, 9.17) is 11.6 Å². The third kappa shape index (κ3) is 1.82. The molecule has 2 rings (SSSR count). The molecule has 1 aliphatic heterocycles. The molecule has 1 fully saturated rings. The molecule has 1 unspecified atom stereocenters. The molecule has 14 heavy (non-hydrogen) atoms. The number of rotatable bonds is 1. The molecule has 0 saturated carbocycles. The van der Waals surface area contributed by atoms with Crippen molar-refractivity contribution in [1.82, 2.24) is 5.32 Å². The molecule has 4 heteroatoms. The quantitative estimate of drug-likeness (QED) is 0.825. The largest absolute Gasteiger partial charge is 0.384 e. The Morgan fingerprint density at radius 3 is 2.93 bits per heavy atom. The molecular weight excluding hydrogens is 265 g/mol. The second-order valence-corrected chi connectivity index (χ2v) is 4.87. The zero-order chi connectivity index (χ0) is 10.2. The van der Waals surface area contributed by atoms with E-state index >= 15 is 0 Å². The highest BCUT2D eigenvalue weighted by Crippen LogP contribution is 2.34. The van der Waals surface area contributed by atoms with Gasteiger partial charge in [-0.1, -0.05) is 27.5 Å². The fourth-order valence-corrected chi connectivity index (χ4v) is 2.55. The Balaban J connectivity index is 2.44. The second-order valence-electron chi connectivity index (χ2n) is 3.58. The van der Waals surface area contributed by atoms with E-state index in [1.54, 1.807) is 6.07 Å². The van der Waals surface area contributed by atoms with Crippen molar-refractivity contribution in [3.63, 3.8) is 0 Å².